The molecule has 0 bridgehead atoms. The number of aryl methyl sites for hydroxylation is 1. The van der Waals surface area contributed by atoms with Crippen molar-refractivity contribution in [3.63, 3.8) is 0 Å². The minimum absolute atomic E-state index is 0.219. The first-order chi connectivity index (χ1) is 15.1. The fraction of sp³-hybridized carbons (Fsp3) is 0.318. The Bertz CT molecular complexity index is 1050. The van der Waals surface area contributed by atoms with Gasteiger partial charge in [0.1, 0.15) is 0 Å². The number of piperidine rings is 1. The summed E-state index contributed by atoms with van der Waals surface area (Å²) in [5.74, 6) is -0.252. The number of rotatable bonds is 6. The van der Waals surface area contributed by atoms with Gasteiger partial charge in [-0.15, -0.1) is 11.3 Å². The largest absolute Gasteiger partial charge is 0.455 e. The standard InChI is InChI=1S/C22H23N5O3S/c1-15-25-19(14-31-15)17-4-2-5-18(12-17)26-20(28)13-30-21(29)16-6-10-27(11-7-16)22-23-8-3-9-24-22/h2-5,8-9,12,14,16H,6-7,10-11,13H2,1H3,(H,26,28). The zero-order chi connectivity index (χ0) is 21.6. The number of carbonyl (C=O) groups excluding carboxylic acids is 2. The van der Waals surface area contributed by atoms with Crippen molar-refractivity contribution < 1.29 is 14.3 Å². The number of ether oxygens (including phenoxy) is 1. The van der Waals surface area contributed by atoms with Gasteiger partial charge in [-0.25, -0.2) is 15.0 Å². The fourth-order valence-corrected chi connectivity index (χ4v) is 4.10. The molecule has 1 aliphatic rings. The summed E-state index contributed by atoms with van der Waals surface area (Å²) >= 11 is 1.58. The van der Waals surface area contributed by atoms with E-state index >= 15 is 0 Å². The van der Waals surface area contributed by atoms with Gasteiger partial charge in [0, 0.05) is 42.1 Å². The molecule has 3 heterocycles. The number of benzene rings is 1. The van der Waals surface area contributed by atoms with Crippen LogP contribution in [-0.4, -0.2) is 46.5 Å². The van der Waals surface area contributed by atoms with E-state index < -0.39 is 0 Å². The monoisotopic (exact) mass is 437 g/mol. The summed E-state index contributed by atoms with van der Waals surface area (Å²) in [6.45, 7) is 3.01. The van der Waals surface area contributed by atoms with Crippen molar-refractivity contribution in [2.45, 2.75) is 19.8 Å². The third kappa shape index (κ3) is 5.43. The number of esters is 1. The number of carbonyl (C=O) groups is 2. The molecule has 9 heteroatoms. The average Bonchev–Trinajstić information content (AvgIpc) is 3.25. The molecule has 0 unspecified atom stereocenters. The number of hydrogen-bond donors (Lipinski definition) is 1. The molecular formula is C22H23N5O3S. The summed E-state index contributed by atoms with van der Waals surface area (Å²) in [6, 6.07) is 9.22. The van der Waals surface area contributed by atoms with Gasteiger partial charge in [0.25, 0.3) is 5.91 Å². The van der Waals surface area contributed by atoms with Crippen molar-refractivity contribution in [1.29, 1.82) is 0 Å². The van der Waals surface area contributed by atoms with Crippen LogP contribution in [0.15, 0.2) is 48.1 Å². The highest BCUT2D eigenvalue weighted by Crippen LogP contribution is 2.24. The van der Waals surface area contributed by atoms with E-state index in [1.165, 1.54) is 0 Å². The van der Waals surface area contributed by atoms with Crippen LogP contribution in [0.1, 0.15) is 17.8 Å². The second-order valence-electron chi connectivity index (χ2n) is 7.30. The molecule has 0 radical (unpaired) electrons. The molecular weight excluding hydrogens is 414 g/mol. The summed E-state index contributed by atoms with van der Waals surface area (Å²) in [5, 5.41) is 5.74. The van der Waals surface area contributed by atoms with Crippen LogP contribution >= 0.6 is 11.3 Å². The van der Waals surface area contributed by atoms with Crippen LogP contribution in [0.5, 0.6) is 0 Å². The van der Waals surface area contributed by atoms with Crippen molar-refractivity contribution in [1.82, 2.24) is 15.0 Å². The van der Waals surface area contributed by atoms with E-state index in [1.807, 2.05) is 35.4 Å². The Kier molecular flexibility index (Phi) is 6.51. The van der Waals surface area contributed by atoms with E-state index in [2.05, 4.69) is 20.3 Å². The lowest BCUT2D eigenvalue weighted by atomic mass is 9.97. The lowest BCUT2D eigenvalue weighted by molar-refractivity contribution is -0.152. The zero-order valence-corrected chi connectivity index (χ0v) is 18.0. The molecule has 0 saturated carbocycles. The van der Waals surface area contributed by atoms with E-state index in [9.17, 15) is 9.59 Å². The van der Waals surface area contributed by atoms with Crippen LogP contribution in [0.4, 0.5) is 11.6 Å². The molecule has 160 valence electrons. The van der Waals surface area contributed by atoms with E-state index in [0.717, 1.165) is 16.3 Å². The van der Waals surface area contributed by atoms with E-state index in [4.69, 9.17) is 4.74 Å². The van der Waals surface area contributed by atoms with Crippen LogP contribution in [0, 0.1) is 12.8 Å². The van der Waals surface area contributed by atoms with E-state index in [-0.39, 0.29) is 24.4 Å². The number of aromatic nitrogens is 3. The van der Waals surface area contributed by atoms with Gasteiger partial charge < -0.3 is 15.0 Å². The van der Waals surface area contributed by atoms with Gasteiger partial charge in [0.2, 0.25) is 5.95 Å². The highest BCUT2D eigenvalue weighted by molar-refractivity contribution is 7.09. The Morgan fingerprint density at radius 3 is 2.68 bits per heavy atom. The quantitative estimate of drug-likeness (QED) is 0.591. The topological polar surface area (TPSA) is 97.3 Å². The minimum Gasteiger partial charge on any atom is -0.455 e. The molecule has 2 aromatic heterocycles. The van der Waals surface area contributed by atoms with Crippen LogP contribution in [0.3, 0.4) is 0 Å². The first kappa shape index (κ1) is 20.9. The number of thiazole rings is 1. The second kappa shape index (κ2) is 9.65. The number of anilines is 2. The number of hydrogen-bond acceptors (Lipinski definition) is 8. The summed E-state index contributed by atoms with van der Waals surface area (Å²) in [4.78, 5) is 39.6. The van der Waals surface area contributed by atoms with Crippen LogP contribution < -0.4 is 10.2 Å². The summed E-state index contributed by atoms with van der Waals surface area (Å²) in [5.41, 5.74) is 2.44. The van der Waals surface area contributed by atoms with Gasteiger partial charge in [0.15, 0.2) is 6.61 Å². The molecule has 1 N–H and O–H groups in total. The molecule has 3 aromatic rings. The van der Waals surface area contributed by atoms with Crippen molar-refractivity contribution >= 4 is 34.8 Å². The SMILES string of the molecule is Cc1nc(-c2cccc(NC(=O)COC(=O)C3CCN(c4ncccn4)CC3)c2)cs1. The molecule has 0 spiro atoms. The molecule has 0 aliphatic carbocycles. The molecule has 8 nitrogen and oxygen atoms in total. The Morgan fingerprint density at radius 2 is 1.97 bits per heavy atom. The van der Waals surface area contributed by atoms with Crippen LogP contribution in [0.2, 0.25) is 0 Å². The summed E-state index contributed by atoms with van der Waals surface area (Å²) < 4.78 is 5.26. The molecule has 1 amide bonds. The van der Waals surface area contributed by atoms with Crippen molar-refractivity contribution in [2.75, 3.05) is 29.9 Å². The molecule has 1 fully saturated rings. The molecule has 1 saturated heterocycles. The average molecular weight is 438 g/mol. The number of nitrogens with zero attached hydrogens (tertiary/aromatic N) is 4. The highest BCUT2D eigenvalue weighted by atomic mass is 32.1. The van der Waals surface area contributed by atoms with Crippen molar-refractivity contribution in [2.24, 2.45) is 5.92 Å². The molecule has 1 aromatic carbocycles. The number of nitrogens with one attached hydrogen (secondary N) is 1. The smallest absolute Gasteiger partial charge is 0.309 e. The van der Waals surface area contributed by atoms with Gasteiger partial charge in [-0.2, -0.15) is 0 Å². The normalized spacial score (nSPS) is 14.3. The van der Waals surface area contributed by atoms with Crippen LogP contribution in [0.25, 0.3) is 11.3 Å². The first-order valence-electron chi connectivity index (χ1n) is 10.1. The maximum atomic E-state index is 12.4. The Labute approximate surface area is 184 Å². The zero-order valence-electron chi connectivity index (χ0n) is 17.2. The Morgan fingerprint density at radius 1 is 1.19 bits per heavy atom. The lowest BCUT2D eigenvalue weighted by Gasteiger charge is -2.30. The predicted molar refractivity (Wildman–Crippen MR) is 119 cm³/mol. The van der Waals surface area contributed by atoms with Crippen molar-refractivity contribution in [3.8, 4) is 11.3 Å². The molecule has 4 rings (SSSR count). The third-order valence-electron chi connectivity index (χ3n) is 5.07. The molecule has 31 heavy (non-hydrogen) atoms. The van der Waals surface area contributed by atoms with Gasteiger partial charge in [-0.3, -0.25) is 9.59 Å². The first-order valence-corrected chi connectivity index (χ1v) is 11.0. The Balaban J connectivity index is 1.24. The lowest BCUT2D eigenvalue weighted by Crippen LogP contribution is -2.38. The van der Waals surface area contributed by atoms with Gasteiger partial charge in [0.05, 0.1) is 16.6 Å². The summed E-state index contributed by atoms with van der Waals surface area (Å²) in [6.07, 6.45) is 4.70. The molecule has 1 aliphatic heterocycles. The minimum atomic E-state index is -0.366. The van der Waals surface area contributed by atoms with Gasteiger partial charge in [-0.1, -0.05) is 12.1 Å². The highest BCUT2D eigenvalue weighted by Gasteiger charge is 2.27. The van der Waals surface area contributed by atoms with Crippen LogP contribution in [-0.2, 0) is 14.3 Å². The van der Waals surface area contributed by atoms with E-state index in [1.54, 1.807) is 35.9 Å². The van der Waals surface area contributed by atoms with Gasteiger partial charge in [-0.05, 0) is 38.0 Å². The fourth-order valence-electron chi connectivity index (χ4n) is 3.47. The maximum Gasteiger partial charge on any atom is 0.309 e. The second-order valence-corrected chi connectivity index (χ2v) is 8.36. The van der Waals surface area contributed by atoms with E-state index in [0.29, 0.717) is 37.6 Å². The predicted octanol–water partition coefficient (Wildman–Crippen LogP) is 3.31. The summed E-state index contributed by atoms with van der Waals surface area (Å²) in [7, 11) is 0. The molecule has 0 atom stereocenters. The van der Waals surface area contributed by atoms with Gasteiger partial charge >= 0.3 is 5.97 Å². The third-order valence-corrected chi connectivity index (χ3v) is 5.84. The maximum absolute atomic E-state index is 12.4. The van der Waals surface area contributed by atoms with Crippen molar-refractivity contribution in [3.05, 3.63) is 53.1 Å². The number of amides is 1. The Hall–Kier alpha value is -3.33.